The molecule has 0 aromatic carbocycles. The average Bonchev–Trinajstić information content (AvgIpc) is 2.43. The predicted octanol–water partition coefficient (Wildman–Crippen LogP) is 0.676. The monoisotopic (exact) mass is 287 g/mol. The number of aryl methyl sites for hydroxylation is 1. The van der Waals surface area contributed by atoms with Crippen molar-refractivity contribution in [2.24, 2.45) is 0 Å². The minimum Gasteiger partial charge on any atom is -0.324 e. The molecule has 1 aromatic heterocycles. The summed E-state index contributed by atoms with van der Waals surface area (Å²) in [5, 5.41) is 0.180. The van der Waals surface area contributed by atoms with E-state index in [2.05, 4.69) is 4.98 Å². The van der Waals surface area contributed by atoms with E-state index in [0.29, 0.717) is 5.01 Å². The second kappa shape index (κ2) is 4.66. The van der Waals surface area contributed by atoms with Gasteiger partial charge in [-0.25, -0.2) is 4.98 Å². The zero-order chi connectivity index (χ0) is 12.6. The van der Waals surface area contributed by atoms with Gasteiger partial charge in [0.05, 0.1) is 10.7 Å². The molecule has 1 aromatic rings. The van der Waals surface area contributed by atoms with Crippen LogP contribution in [-0.2, 0) is 15.6 Å². The predicted molar refractivity (Wildman–Crippen MR) is 58.4 cm³/mol. The first-order chi connectivity index (χ1) is 7.10. The van der Waals surface area contributed by atoms with Gasteiger partial charge in [-0.3, -0.25) is 9.13 Å². The highest BCUT2D eigenvalue weighted by atomic mass is 32.1. The number of nitrogens with zero attached hydrogens (tertiary/aromatic N) is 1. The highest BCUT2D eigenvalue weighted by molar-refractivity contribution is 7.70. The summed E-state index contributed by atoms with van der Waals surface area (Å²) in [5.41, 5.74) is 0.277. The van der Waals surface area contributed by atoms with E-state index in [1.54, 1.807) is 6.92 Å². The molecule has 0 saturated heterocycles. The molecule has 7 nitrogen and oxygen atoms in total. The van der Waals surface area contributed by atoms with E-state index < -0.39 is 27.0 Å². The van der Waals surface area contributed by atoms with Crippen LogP contribution in [0.3, 0.4) is 0 Å². The van der Waals surface area contributed by atoms with Gasteiger partial charge in [0.1, 0.15) is 0 Å². The van der Waals surface area contributed by atoms with Crippen LogP contribution in [0.4, 0.5) is 0 Å². The van der Waals surface area contributed by atoms with Gasteiger partial charge in [0.15, 0.2) is 5.40 Å². The molecule has 0 unspecified atom stereocenters. The van der Waals surface area contributed by atoms with Crippen molar-refractivity contribution in [3.8, 4) is 0 Å². The summed E-state index contributed by atoms with van der Waals surface area (Å²) in [6.45, 7) is 1.69. The number of rotatable bonds is 4. The van der Waals surface area contributed by atoms with E-state index in [-0.39, 0.29) is 5.69 Å². The van der Waals surface area contributed by atoms with Crippen molar-refractivity contribution in [2.45, 2.75) is 18.7 Å². The van der Waals surface area contributed by atoms with Crippen molar-refractivity contribution >= 4 is 26.5 Å². The molecule has 1 rings (SSSR count). The molecule has 4 N–H and O–H groups in total. The van der Waals surface area contributed by atoms with Gasteiger partial charge in [-0.15, -0.1) is 11.3 Å². The number of hydrogen-bond acceptors (Lipinski definition) is 4. The molecule has 0 fully saturated rings. The van der Waals surface area contributed by atoms with Crippen LogP contribution < -0.4 is 0 Å². The zero-order valence-corrected chi connectivity index (χ0v) is 10.8. The van der Waals surface area contributed by atoms with Gasteiger partial charge in [0, 0.05) is 11.8 Å². The van der Waals surface area contributed by atoms with Crippen LogP contribution in [0.2, 0.25) is 0 Å². The quantitative estimate of drug-likeness (QED) is 0.599. The van der Waals surface area contributed by atoms with Crippen LogP contribution in [0.25, 0.3) is 0 Å². The highest BCUT2D eigenvalue weighted by Gasteiger charge is 2.43. The Balaban J connectivity index is 2.97. The topological polar surface area (TPSA) is 128 Å². The second-order valence-electron chi connectivity index (χ2n) is 3.22. The maximum absolute atomic E-state index is 11.0. The van der Waals surface area contributed by atoms with Crippen LogP contribution >= 0.6 is 26.5 Å². The molecule has 92 valence electrons. The fourth-order valence-electron chi connectivity index (χ4n) is 1.12. The van der Waals surface area contributed by atoms with E-state index in [1.807, 2.05) is 0 Å². The number of hydrogen-bond donors (Lipinski definition) is 4. The van der Waals surface area contributed by atoms with E-state index in [0.717, 1.165) is 0 Å². The molecule has 0 aliphatic carbocycles. The summed E-state index contributed by atoms with van der Waals surface area (Å²) in [5.74, 6) is 0. The van der Waals surface area contributed by atoms with Crippen molar-refractivity contribution in [3.05, 3.63) is 16.1 Å². The van der Waals surface area contributed by atoms with Crippen LogP contribution in [0.5, 0.6) is 0 Å². The summed E-state index contributed by atoms with van der Waals surface area (Å²) in [4.78, 5) is 39.4. The van der Waals surface area contributed by atoms with Crippen molar-refractivity contribution in [2.75, 3.05) is 0 Å². The summed E-state index contributed by atoms with van der Waals surface area (Å²) < 4.78 is 21.9. The van der Waals surface area contributed by atoms with Gasteiger partial charge in [0.25, 0.3) is 0 Å². The lowest BCUT2D eigenvalue weighted by Gasteiger charge is -2.18. The fraction of sp³-hybridized carbons (Fsp3) is 0.500. The molecule has 0 aliphatic rings. The highest BCUT2D eigenvalue weighted by Crippen LogP contribution is 2.60. The number of aromatic nitrogens is 1. The Labute approximate surface area is 95.5 Å². The van der Waals surface area contributed by atoms with Crippen LogP contribution in [0, 0.1) is 6.92 Å². The van der Waals surface area contributed by atoms with Gasteiger partial charge in [-0.05, 0) is 6.92 Å². The fourth-order valence-corrected chi connectivity index (χ4v) is 4.17. The summed E-state index contributed by atoms with van der Waals surface area (Å²) >= 11 is 1.25. The standard InChI is InChI=1S/C6H11NO6P2S/c1-4-7-5(3-16-4)2-6(14(8,9)10)15(11,12)13/h3,6H,2H2,1H3,(H2,8,9,10)(H2,11,12,13). The van der Waals surface area contributed by atoms with Gasteiger partial charge < -0.3 is 19.6 Å². The van der Waals surface area contributed by atoms with Crippen molar-refractivity contribution in [3.63, 3.8) is 0 Å². The van der Waals surface area contributed by atoms with Crippen molar-refractivity contribution in [1.29, 1.82) is 0 Å². The summed E-state index contributed by atoms with van der Waals surface area (Å²) in [6.07, 6.45) is -0.432. The Kier molecular flexibility index (Phi) is 4.08. The largest absolute Gasteiger partial charge is 0.341 e. The van der Waals surface area contributed by atoms with Gasteiger partial charge in [0.2, 0.25) is 0 Å². The molecule has 0 bridgehead atoms. The van der Waals surface area contributed by atoms with Gasteiger partial charge >= 0.3 is 15.2 Å². The molecule has 0 saturated carbocycles. The molecule has 0 aliphatic heterocycles. The lowest BCUT2D eigenvalue weighted by molar-refractivity contribution is 0.337. The third-order valence-corrected chi connectivity index (χ3v) is 6.38. The molecule has 10 heteroatoms. The first-order valence-electron chi connectivity index (χ1n) is 4.12. The Hall–Kier alpha value is -0.0700. The van der Waals surface area contributed by atoms with Crippen LogP contribution in [-0.4, -0.2) is 30.0 Å². The number of thiazole rings is 1. The Morgan fingerprint density at radius 3 is 2.12 bits per heavy atom. The Morgan fingerprint density at radius 1 is 1.31 bits per heavy atom. The second-order valence-corrected chi connectivity index (χ2v) is 8.29. The molecular formula is C6H11NO6P2S. The molecular weight excluding hydrogens is 276 g/mol. The van der Waals surface area contributed by atoms with Gasteiger partial charge in [-0.2, -0.15) is 0 Å². The van der Waals surface area contributed by atoms with Gasteiger partial charge in [-0.1, -0.05) is 0 Å². The lowest BCUT2D eigenvalue weighted by Crippen LogP contribution is -2.13. The van der Waals surface area contributed by atoms with Crippen LogP contribution in [0.1, 0.15) is 10.7 Å². The van der Waals surface area contributed by atoms with Crippen LogP contribution in [0.15, 0.2) is 5.38 Å². The first-order valence-corrected chi connectivity index (χ1v) is 8.36. The smallest absolute Gasteiger partial charge is 0.324 e. The molecule has 0 spiro atoms. The minimum absolute atomic E-state index is 0.277. The zero-order valence-electron chi connectivity index (χ0n) is 8.22. The SMILES string of the molecule is Cc1nc(CC(P(=O)(O)O)P(=O)(O)O)cs1. The Morgan fingerprint density at radius 2 is 1.81 bits per heavy atom. The first kappa shape index (κ1) is 14.0. The van der Waals surface area contributed by atoms with Crippen molar-refractivity contribution in [1.82, 2.24) is 4.98 Å². The van der Waals surface area contributed by atoms with E-state index in [9.17, 15) is 9.13 Å². The average molecular weight is 287 g/mol. The molecule has 1 heterocycles. The Bertz CT molecular complexity index is 439. The molecule has 0 radical (unpaired) electrons. The maximum Gasteiger partial charge on any atom is 0.341 e. The molecule has 16 heavy (non-hydrogen) atoms. The summed E-state index contributed by atoms with van der Waals surface area (Å²) in [6, 6.07) is 0. The van der Waals surface area contributed by atoms with Crippen molar-refractivity contribution < 1.29 is 28.7 Å². The normalized spacial score (nSPS) is 13.4. The summed E-state index contributed by atoms with van der Waals surface area (Å²) in [7, 11) is -9.70. The van der Waals surface area contributed by atoms with E-state index in [1.165, 1.54) is 16.7 Å². The third-order valence-electron chi connectivity index (χ3n) is 1.83. The maximum atomic E-state index is 11.0. The molecule has 0 amide bonds. The lowest BCUT2D eigenvalue weighted by atomic mass is 10.4. The van der Waals surface area contributed by atoms with E-state index >= 15 is 0 Å². The minimum atomic E-state index is -4.85. The van der Waals surface area contributed by atoms with E-state index in [4.69, 9.17) is 19.6 Å². The molecule has 0 atom stereocenters. The third kappa shape index (κ3) is 3.75.